The molecule has 1 aromatic heterocycles. The van der Waals surface area contributed by atoms with E-state index >= 15 is 0 Å². The van der Waals surface area contributed by atoms with Crippen LogP contribution in [0.1, 0.15) is 22.6 Å². The third-order valence-electron chi connectivity index (χ3n) is 3.81. The molecule has 0 aliphatic rings. The highest BCUT2D eigenvalue weighted by Crippen LogP contribution is 2.22. The molecule has 118 valence electrons. The van der Waals surface area contributed by atoms with Crippen LogP contribution in [-0.2, 0) is 6.42 Å². The van der Waals surface area contributed by atoms with Gasteiger partial charge in [0.1, 0.15) is 0 Å². The summed E-state index contributed by atoms with van der Waals surface area (Å²) in [4.78, 5) is 0. The van der Waals surface area contributed by atoms with Crippen LogP contribution in [0.25, 0.3) is 11.5 Å². The normalized spacial score (nSPS) is 10.7. The van der Waals surface area contributed by atoms with Gasteiger partial charge in [-0.1, -0.05) is 35.9 Å². The zero-order valence-electron chi connectivity index (χ0n) is 13.8. The number of aryl methyl sites for hydroxylation is 3. The van der Waals surface area contributed by atoms with E-state index in [1.165, 1.54) is 22.4 Å². The van der Waals surface area contributed by atoms with E-state index < -0.39 is 0 Å². The van der Waals surface area contributed by atoms with Crippen LogP contribution < -0.4 is 5.32 Å². The van der Waals surface area contributed by atoms with Gasteiger partial charge in [-0.25, -0.2) is 0 Å². The third-order valence-corrected chi connectivity index (χ3v) is 3.81. The summed E-state index contributed by atoms with van der Waals surface area (Å²) >= 11 is 0. The van der Waals surface area contributed by atoms with Gasteiger partial charge in [0.05, 0.1) is 0 Å². The predicted octanol–water partition coefficient (Wildman–Crippen LogP) is 4.32. The molecule has 0 fully saturated rings. The van der Waals surface area contributed by atoms with E-state index in [4.69, 9.17) is 4.42 Å². The maximum Gasteiger partial charge on any atom is 0.247 e. The van der Waals surface area contributed by atoms with Crippen molar-refractivity contribution in [2.75, 3.05) is 11.9 Å². The number of nitrogens with one attached hydrogen (secondary N) is 1. The first kappa shape index (κ1) is 15.3. The molecule has 1 N–H and O–H groups in total. The molecule has 0 atom stereocenters. The van der Waals surface area contributed by atoms with Crippen molar-refractivity contribution in [2.24, 2.45) is 0 Å². The van der Waals surface area contributed by atoms with Crippen LogP contribution in [0.2, 0.25) is 0 Å². The fourth-order valence-corrected chi connectivity index (χ4v) is 2.81. The van der Waals surface area contributed by atoms with E-state index in [0.29, 0.717) is 18.2 Å². The lowest BCUT2D eigenvalue weighted by molar-refractivity contribution is 0.509. The fraction of sp³-hybridized carbons (Fsp3) is 0.263. The molecule has 4 nitrogen and oxygen atoms in total. The smallest absolute Gasteiger partial charge is 0.247 e. The van der Waals surface area contributed by atoms with E-state index in [2.05, 4.69) is 48.4 Å². The zero-order chi connectivity index (χ0) is 16.2. The van der Waals surface area contributed by atoms with Gasteiger partial charge in [-0.3, -0.25) is 0 Å². The molecule has 0 unspecified atom stereocenters. The van der Waals surface area contributed by atoms with Gasteiger partial charge in [0, 0.05) is 24.2 Å². The first-order chi connectivity index (χ1) is 11.1. The van der Waals surface area contributed by atoms with Gasteiger partial charge < -0.3 is 9.73 Å². The van der Waals surface area contributed by atoms with Crippen LogP contribution in [-0.4, -0.2) is 16.7 Å². The van der Waals surface area contributed by atoms with Crippen molar-refractivity contribution in [2.45, 2.75) is 27.2 Å². The molecule has 23 heavy (non-hydrogen) atoms. The second kappa shape index (κ2) is 6.65. The van der Waals surface area contributed by atoms with Gasteiger partial charge in [-0.15, -0.1) is 10.2 Å². The summed E-state index contributed by atoms with van der Waals surface area (Å²) in [6.45, 7) is 7.14. The summed E-state index contributed by atoms with van der Waals surface area (Å²) in [5, 5.41) is 11.7. The number of hydrogen-bond acceptors (Lipinski definition) is 4. The molecule has 0 aliphatic heterocycles. The van der Waals surface area contributed by atoms with E-state index in [1.807, 2.05) is 30.3 Å². The number of hydrogen-bond donors (Lipinski definition) is 1. The SMILES string of the molecule is Cc1cc(C)c(NCCc2nnc(-c3ccccc3)o2)c(C)c1. The fourth-order valence-electron chi connectivity index (χ4n) is 2.81. The Balaban J connectivity index is 1.63. The lowest BCUT2D eigenvalue weighted by Crippen LogP contribution is -2.08. The molecule has 0 radical (unpaired) electrons. The van der Waals surface area contributed by atoms with Crippen molar-refractivity contribution < 1.29 is 4.42 Å². The number of rotatable bonds is 5. The maximum atomic E-state index is 5.73. The van der Waals surface area contributed by atoms with Gasteiger partial charge in [0.2, 0.25) is 11.8 Å². The van der Waals surface area contributed by atoms with Crippen molar-refractivity contribution in [3.05, 3.63) is 65.0 Å². The van der Waals surface area contributed by atoms with E-state index in [-0.39, 0.29) is 0 Å². The number of aromatic nitrogens is 2. The molecule has 0 aliphatic carbocycles. The highest BCUT2D eigenvalue weighted by molar-refractivity contribution is 5.58. The molecular formula is C19H21N3O. The Morgan fingerprint density at radius 3 is 2.35 bits per heavy atom. The van der Waals surface area contributed by atoms with Crippen molar-refractivity contribution in [3.63, 3.8) is 0 Å². The largest absolute Gasteiger partial charge is 0.421 e. The molecule has 0 saturated heterocycles. The summed E-state index contributed by atoms with van der Waals surface area (Å²) < 4.78 is 5.73. The van der Waals surface area contributed by atoms with Gasteiger partial charge in [0.25, 0.3) is 0 Å². The van der Waals surface area contributed by atoms with Crippen molar-refractivity contribution in [1.82, 2.24) is 10.2 Å². The van der Waals surface area contributed by atoms with Crippen molar-refractivity contribution in [1.29, 1.82) is 0 Å². The first-order valence-corrected chi connectivity index (χ1v) is 7.83. The van der Waals surface area contributed by atoms with E-state index in [0.717, 1.165) is 12.1 Å². The standard InChI is InChI=1S/C19H21N3O/c1-13-11-14(2)18(15(3)12-13)20-10-9-17-21-22-19(23-17)16-7-5-4-6-8-16/h4-8,11-12,20H,9-10H2,1-3H3. The molecule has 0 spiro atoms. The quantitative estimate of drug-likeness (QED) is 0.763. The number of anilines is 1. The maximum absolute atomic E-state index is 5.73. The minimum Gasteiger partial charge on any atom is -0.421 e. The zero-order valence-corrected chi connectivity index (χ0v) is 13.8. The summed E-state index contributed by atoms with van der Waals surface area (Å²) in [6, 6.07) is 14.2. The van der Waals surface area contributed by atoms with Crippen LogP contribution in [0.4, 0.5) is 5.69 Å². The second-order valence-corrected chi connectivity index (χ2v) is 5.82. The van der Waals surface area contributed by atoms with Crippen molar-refractivity contribution >= 4 is 5.69 Å². The monoisotopic (exact) mass is 307 g/mol. The molecule has 0 bridgehead atoms. The molecule has 0 amide bonds. The highest BCUT2D eigenvalue weighted by atomic mass is 16.4. The Bertz CT molecular complexity index is 770. The average Bonchev–Trinajstić information content (AvgIpc) is 2.99. The van der Waals surface area contributed by atoms with Crippen molar-refractivity contribution in [3.8, 4) is 11.5 Å². The lowest BCUT2D eigenvalue weighted by atomic mass is 10.1. The summed E-state index contributed by atoms with van der Waals surface area (Å²) in [6.07, 6.45) is 0.701. The molecule has 2 aromatic carbocycles. The summed E-state index contributed by atoms with van der Waals surface area (Å²) in [7, 11) is 0. The molecular weight excluding hydrogens is 286 g/mol. The molecule has 3 aromatic rings. The van der Waals surface area contributed by atoms with E-state index in [9.17, 15) is 0 Å². The van der Waals surface area contributed by atoms with Crippen LogP contribution >= 0.6 is 0 Å². The summed E-state index contributed by atoms with van der Waals surface area (Å²) in [5.74, 6) is 1.22. The minimum absolute atomic E-state index is 0.572. The highest BCUT2D eigenvalue weighted by Gasteiger charge is 2.08. The summed E-state index contributed by atoms with van der Waals surface area (Å²) in [5.41, 5.74) is 5.95. The molecule has 3 rings (SSSR count). The Kier molecular flexibility index (Phi) is 4.42. The van der Waals surface area contributed by atoms with Crippen LogP contribution in [0, 0.1) is 20.8 Å². The van der Waals surface area contributed by atoms with Crippen LogP contribution in [0.5, 0.6) is 0 Å². The van der Waals surface area contributed by atoms with Gasteiger partial charge in [-0.05, 0) is 44.0 Å². The van der Waals surface area contributed by atoms with Gasteiger partial charge in [0.15, 0.2) is 0 Å². The third kappa shape index (κ3) is 3.59. The van der Waals surface area contributed by atoms with Crippen LogP contribution in [0.15, 0.2) is 46.9 Å². The van der Waals surface area contributed by atoms with E-state index in [1.54, 1.807) is 0 Å². The number of benzene rings is 2. The van der Waals surface area contributed by atoms with Crippen LogP contribution in [0.3, 0.4) is 0 Å². The topological polar surface area (TPSA) is 51.0 Å². The predicted molar refractivity (Wildman–Crippen MR) is 92.6 cm³/mol. The minimum atomic E-state index is 0.572. The Morgan fingerprint density at radius 1 is 0.957 bits per heavy atom. The average molecular weight is 307 g/mol. The Labute approximate surface area is 136 Å². The number of nitrogens with zero attached hydrogens (tertiary/aromatic N) is 2. The Morgan fingerprint density at radius 2 is 1.65 bits per heavy atom. The van der Waals surface area contributed by atoms with Gasteiger partial charge in [-0.2, -0.15) is 0 Å². The molecule has 4 heteroatoms. The molecule has 1 heterocycles. The first-order valence-electron chi connectivity index (χ1n) is 7.83. The molecule has 0 saturated carbocycles. The lowest BCUT2D eigenvalue weighted by Gasteiger charge is -2.13. The Hall–Kier alpha value is -2.62. The van der Waals surface area contributed by atoms with Gasteiger partial charge >= 0.3 is 0 Å². The second-order valence-electron chi connectivity index (χ2n) is 5.82.